The molecular weight excluding hydrogens is 286 g/mol. The van der Waals surface area contributed by atoms with Crippen LogP contribution in [0.3, 0.4) is 0 Å². The van der Waals surface area contributed by atoms with Crippen molar-refractivity contribution in [2.75, 3.05) is 19.0 Å². The molecular formula is C15H22ClN5. The van der Waals surface area contributed by atoms with Crippen LogP contribution in [0.25, 0.3) is 0 Å². The summed E-state index contributed by atoms with van der Waals surface area (Å²) in [6.45, 7) is 4.13. The Balaban J connectivity index is 2.42. The molecule has 1 atom stereocenters. The molecule has 1 aromatic heterocycles. The third-order valence-corrected chi connectivity index (χ3v) is 3.75. The molecule has 0 aliphatic heterocycles. The van der Waals surface area contributed by atoms with Gasteiger partial charge in [0.2, 0.25) is 0 Å². The molecule has 6 heteroatoms. The first kappa shape index (κ1) is 15.8. The predicted molar refractivity (Wildman–Crippen MR) is 87.6 cm³/mol. The molecule has 0 aliphatic rings. The molecule has 21 heavy (non-hydrogen) atoms. The smallest absolute Gasteiger partial charge is 0.0893 e. The summed E-state index contributed by atoms with van der Waals surface area (Å²) in [6, 6.07) is 8.23. The van der Waals surface area contributed by atoms with E-state index >= 15 is 0 Å². The van der Waals surface area contributed by atoms with Crippen LogP contribution in [0.2, 0.25) is 5.02 Å². The van der Waals surface area contributed by atoms with E-state index in [1.807, 2.05) is 30.9 Å². The van der Waals surface area contributed by atoms with E-state index in [1.165, 1.54) is 0 Å². The van der Waals surface area contributed by atoms with Gasteiger partial charge in [-0.3, -0.25) is 10.5 Å². The Labute approximate surface area is 130 Å². The quantitative estimate of drug-likeness (QED) is 0.659. The molecule has 1 heterocycles. The Morgan fingerprint density at radius 2 is 1.86 bits per heavy atom. The van der Waals surface area contributed by atoms with E-state index in [4.69, 9.17) is 17.4 Å². The van der Waals surface area contributed by atoms with Crippen LogP contribution in [0.1, 0.15) is 37.2 Å². The molecule has 1 unspecified atom stereocenters. The van der Waals surface area contributed by atoms with Gasteiger partial charge >= 0.3 is 0 Å². The highest BCUT2D eigenvalue weighted by Crippen LogP contribution is 2.30. The lowest BCUT2D eigenvalue weighted by atomic mass is 10.0. The van der Waals surface area contributed by atoms with Gasteiger partial charge in [0.1, 0.15) is 0 Å². The maximum atomic E-state index is 6.31. The van der Waals surface area contributed by atoms with Gasteiger partial charge in [0.25, 0.3) is 0 Å². The van der Waals surface area contributed by atoms with Gasteiger partial charge in [-0.25, -0.2) is 5.43 Å². The number of benzene rings is 1. The highest BCUT2D eigenvalue weighted by molar-refractivity contribution is 6.31. The highest BCUT2D eigenvalue weighted by atomic mass is 35.5. The second kappa shape index (κ2) is 6.47. The fraction of sp³-hybridized carbons (Fsp3) is 0.400. The number of nitrogens with two attached hydrogens (primary N) is 1. The fourth-order valence-corrected chi connectivity index (χ4v) is 2.57. The average Bonchev–Trinajstić information content (AvgIpc) is 2.83. The lowest BCUT2D eigenvalue weighted by molar-refractivity contribution is 0.476. The van der Waals surface area contributed by atoms with Gasteiger partial charge in [0, 0.05) is 25.8 Å². The number of rotatable bonds is 5. The maximum absolute atomic E-state index is 6.31. The van der Waals surface area contributed by atoms with Crippen LogP contribution in [-0.4, -0.2) is 23.9 Å². The number of nitrogens with zero attached hydrogens (tertiary/aromatic N) is 3. The number of hydrogen-bond donors (Lipinski definition) is 2. The van der Waals surface area contributed by atoms with Crippen LogP contribution in [0.15, 0.2) is 30.5 Å². The normalized spacial score (nSPS) is 12.7. The van der Waals surface area contributed by atoms with Crippen molar-refractivity contribution in [1.82, 2.24) is 15.2 Å². The standard InChI is InChI=1S/C15H22ClN5/c1-10(2)21-15(13(16)9-18-21)14(19-17)11-5-7-12(8-6-11)20(3)4/h5-10,14,19H,17H2,1-4H3. The molecule has 3 N–H and O–H groups in total. The Hall–Kier alpha value is -1.56. The first-order valence-corrected chi connectivity index (χ1v) is 7.29. The van der Waals surface area contributed by atoms with Crippen LogP contribution in [0.5, 0.6) is 0 Å². The lowest BCUT2D eigenvalue weighted by Gasteiger charge is -2.21. The van der Waals surface area contributed by atoms with E-state index in [2.05, 4.69) is 41.4 Å². The summed E-state index contributed by atoms with van der Waals surface area (Å²) >= 11 is 6.31. The van der Waals surface area contributed by atoms with E-state index in [-0.39, 0.29) is 12.1 Å². The third kappa shape index (κ3) is 3.20. The van der Waals surface area contributed by atoms with Gasteiger partial charge in [0.15, 0.2) is 0 Å². The Bertz CT molecular complexity index is 589. The van der Waals surface area contributed by atoms with Crippen molar-refractivity contribution < 1.29 is 0 Å². The van der Waals surface area contributed by atoms with Crippen LogP contribution < -0.4 is 16.2 Å². The molecule has 2 rings (SSSR count). The average molecular weight is 308 g/mol. The van der Waals surface area contributed by atoms with E-state index in [1.54, 1.807) is 6.20 Å². The van der Waals surface area contributed by atoms with Gasteiger partial charge in [-0.1, -0.05) is 23.7 Å². The van der Waals surface area contributed by atoms with Gasteiger partial charge < -0.3 is 4.90 Å². The van der Waals surface area contributed by atoms with Gasteiger partial charge in [-0.15, -0.1) is 0 Å². The van der Waals surface area contributed by atoms with Crippen molar-refractivity contribution >= 4 is 17.3 Å². The molecule has 5 nitrogen and oxygen atoms in total. The number of anilines is 1. The van der Waals surface area contributed by atoms with Crippen molar-refractivity contribution in [3.05, 3.63) is 46.7 Å². The number of nitrogens with one attached hydrogen (secondary N) is 1. The summed E-state index contributed by atoms with van der Waals surface area (Å²) in [4.78, 5) is 2.06. The van der Waals surface area contributed by atoms with Gasteiger partial charge in [-0.05, 0) is 31.5 Å². The molecule has 114 valence electrons. The summed E-state index contributed by atoms with van der Waals surface area (Å²) in [5, 5.41) is 4.95. The monoisotopic (exact) mass is 307 g/mol. The summed E-state index contributed by atoms with van der Waals surface area (Å²) < 4.78 is 1.90. The zero-order valence-electron chi connectivity index (χ0n) is 12.8. The summed E-state index contributed by atoms with van der Waals surface area (Å²) in [6.07, 6.45) is 1.66. The Morgan fingerprint density at radius 1 is 1.24 bits per heavy atom. The van der Waals surface area contributed by atoms with E-state index in [0.29, 0.717) is 5.02 Å². The van der Waals surface area contributed by atoms with Crippen molar-refractivity contribution in [2.24, 2.45) is 5.84 Å². The number of hydrazine groups is 1. The highest BCUT2D eigenvalue weighted by Gasteiger charge is 2.22. The van der Waals surface area contributed by atoms with E-state index in [0.717, 1.165) is 16.9 Å². The molecule has 2 aromatic rings. The molecule has 0 saturated carbocycles. The minimum atomic E-state index is -0.196. The topological polar surface area (TPSA) is 59.1 Å². The number of hydrogen-bond acceptors (Lipinski definition) is 4. The molecule has 0 radical (unpaired) electrons. The molecule has 0 fully saturated rings. The predicted octanol–water partition coefficient (Wildman–Crippen LogP) is 2.74. The maximum Gasteiger partial charge on any atom is 0.0893 e. The second-order valence-corrected chi connectivity index (χ2v) is 5.91. The molecule has 0 saturated heterocycles. The van der Waals surface area contributed by atoms with Crippen LogP contribution in [0.4, 0.5) is 5.69 Å². The van der Waals surface area contributed by atoms with Crippen LogP contribution >= 0.6 is 11.6 Å². The lowest BCUT2D eigenvalue weighted by Crippen LogP contribution is -2.31. The van der Waals surface area contributed by atoms with Crippen molar-refractivity contribution in [3.8, 4) is 0 Å². The van der Waals surface area contributed by atoms with Gasteiger partial charge in [0.05, 0.1) is 23.0 Å². The van der Waals surface area contributed by atoms with Crippen molar-refractivity contribution in [2.45, 2.75) is 25.9 Å². The minimum absolute atomic E-state index is 0.196. The van der Waals surface area contributed by atoms with Crippen LogP contribution in [0, 0.1) is 0 Å². The van der Waals surface area contributed by atoms with Crippen molar-refractivity contribution in [1.29, 1.82) is 0 Å². The molecule has 0 bridgehead atoms. The van der Waals surface area contributed by atoms with Crippen LogP contribution in [-0.2, 0) is 0 Å². The zero-order chi connectivity index (χ0) is 15.6. The first-order valence-electron chi connectivity index (χ1n) is 6.92. The zero-order valence-corrected chi connectivity index (χ0v) is 13.6. The molecule has 1 aromatic carbocycles. The van der Waals surface area contributed by atoms with E-state index < -0.39 is 0 Å². The second-order valence-electron chi connectivity index (χ2n) is 5.50. The third-order valence-electron chi connectivity index (χ3n) is 3.46. The summed E-state index contributed by atoms with van der Waals surface area (Å²) in [5.74, 6) is 5.77. The number of halogens is 1. The fourth-order valence-electron chi connectivity index (χ4n) is 2.33. The molecule has 0 aliphatic carbocycles. The SMILES string of the molecule is CC(C)n1ncc(Cl)c1C(NN)c1ccc(N(C)C)cc1. The van der Waals surface area contributed by atoms with Gasteiger partial charge in [-0.2, -0.15) is 5.10 Å². The Kier molecular flexibility index (Phi) is 4.88. The minimum Gasteiger partial charge on any atom is -0.378 e. The van der Waals surface area contributed by atoms with Crippen molar-refractivity contribution in [3.63, 3.8) is 0 Å². The molecule has 0 amide bonds. The molecule has 0 spiro atoms. The Morgan fingerprint density at radius 3 is 2.33 bits per heavy atom. The van der Waals surface area contributed by atoms with E-state index in [9.17, 15) is 0 Å². The largest absolute Gasteiger partial charge is 0.378 e. The number of aromatic nitrogens is 2. The summed E-state index contributed by atoms with van der Waals surface area (Å²) in [7, 11) is 4.02. The summed E-state index contributed by atoms with van der Waals surface area (Å²) in [5.41, 5.74) is 5.91. The first-order chi connectivity index (χ1) is 9.95.